The van der Waals surface area contributed by atoms with Crippen molar-refractivity contribution in [2.45, 2.75) is 45.6 Å². The van der Waals surface area contributed by atoms with Crippen LogP contribution in [0.5, 0.6) is 0 Å². The van der Waals surface area contributed by atoms with Crippen LogP contribution in [0, 0.1) is 11.8 Å². The molecule has 1 fully saturated rings. The van der Waals surface area contributed by atoms with Crippen LogP contribution < -0.4 is 0 Å². The monoisotopic (exact) mass is 191 g/mol. The average Bonchev–Trinajstić information content (AvgIpc) is 2.70. The third-order valence-electron chi connectivity index (χ3n) is 3.65. The normalized spacial score (nSPS) is 28.2. The van der Waals surface area contributed by atoms with E-state index in [1.54, 1.807) is 0 Å². The van der Waals surface area contributed by atoms with Gasteiger partial charge in [-0.15, -0.1) is 0 Å². The molecule has 2 atom stereocenters. The van der Waals surface area contributed by atoms with E-state index in [-0.39, 0.29) is 0 Å². The van der Waals surface area contributed by atoms with Gasteiger partial charge in [0.15, 0.2) is 0 Å². The molecule has 1 aliphatic rings. The lowest BCUT2D eigenvalue weighted by atomic mass is 9.78. The summed E-state index contributed by atoms with van der Waals surface area (Å²) in [4.78, 5) is 0. The van der Waals surface area contributed by atoms with Crippen LogP contribution in [-0.2, 0) is 0 Å². The molecule has 1 heteroatoms. The van der Waals surface area contributed by atoms with Crippen molar-refractivity contribution in [2.75, 3.05) is 0 Å². The quantitative estimate of drug-likeness (QED) is 0.668. The Kier molecular flexibility index (Phi) is 2.95. The summed E-state index contributed by atoms with van der Waals surface area (Å²) in [6.07, 6.45) is 10.1. The average molecular weight is 191 g/mol. The van der Waals surface area contributed by atoms with Crippen LogP contribution in [0.25, 0.3) is 0 Å². The third-order valence-corrected chi connectivity index (χ3v) is 3.65. The summed E-state index contributed by atoms with van der Waals surface area (Å²) in [5, 5.41) is 0. The van der Waals surface area contributed by atoms with Gasteiger partial charge in [-0.05, 0) is 36.8 Å². The van der Waals surface area contributed by atoms with Gasteiger partial charge in [0.2, 0.25) is 0 Å². The van der Waals surface area contributed by atoms with Crippen LogP contribution in [0.3, 0.4) is 0 Å². The molecule has 0 saturated heterocycles. The fraction of sp³-hybridized carbons (Fsp3) is 0.692. The molecule has 0 bridgehead atoms. The lowest BCUT2D eigenvalue weighted by Crippen LogP contribution is -2.26. The molecule has 2 rings (SSSR count). The van der Waals surface area contributed by atoms with Crippen molar-refractivity contribution in [3.05, 3.63) is 24.5 Å². The van der Waals surface area contributed by atoms with E-state index >= 15 is 0 Å². The third kappa shape index (κ3) is 1.87. The zero-order valence-electron chi connectivity index (χ0n) is 9.32. The van der Waals surface area contributed by atoms with Crippen molar-refractivity contribution >= 4 is 0 Å². The highest BCUT2D eigenvalue weighted by Crippen LogP contribution is 2.38. The second kappa shape index (κ2) is 4.20. The summed E-state index contributed by atoms with van der Waals surface area (Å²) in [5.74, 6) is 1.71. The standard InChI is InChI=1S/C13H21N/c1-11(2)12-7-3-4-8-13(12)14-9-5-6-10-14/h5-6,9-13H,3-4,7-8H2,1-2H3. The molecule has 0 aliphatic heterocycles. The first-order valence-corrected chi connectivity index (χ1v) is 5.91. The Bertz CT molecular complexity index is 261. The second-order valence-corrected chi connectivity index (χ2v) is 4.89. The summed E-state index contributed by atoms with van der Waals surface area (Å²) in [6.45, 7) is 4.74. The van der Waals surface area contributed by atoms with Gasteiger partial charge < -0.3 is 4.57 Å². The number of aromatic nitrogens is 1. The zero-order chi connectivity index (χ0) is 9.97. The Balaban J connectivity index is 2.14. The van der Waals surface area contributed by atoms with Gasteiger partial charge in [-0.3, -0.25) is 0 Å². The maximum atomic E-state index is 2.42. The minimum absolute atomic E-state index is 0.763. The first-order valence-electron chi connectivity index (χ1n) is 5.91. The van der Waals surface area contributed by atoms with Crippen molar-refractivity contribution in [1.82, 2.24) is 4.57 Å². The summed E-state index contributed by atoms with van der Waals surface area (Å²) >= 11 is 0. The number of nitrogens with zero attached hydrogens (tertiary/aromatic N) is 1. The molecule has 0 N–H and O–H groups in total. The lowest BCUT2D eigenvalue weighted by molar-refractivity contribution is 0.184. The molecule has 1 aliphatic carbocycles. The Labute approximate surface area is 87.1 Å². The predicted molar refractivity (Wildman–Crippen MR) is 60.3 cm³/mol. The van der Waals surface area contributed by atoms with E-state index in [1.807, 2.05) is 0 Å². The van der Waals surface area contributed by atoms with Gasteiger partial charge in [-0.25, -0.2) is 0 Å². The summed E-state index contributed by atoms with van der Waals surface area (Å²) in [7, 11) is 0. The fourth-order valence-electron chi connectivity index (χ4n) is 2.86. The van der Waals surface area contributed by atoms with Crippen LogP contribution in [0.2, 0.25) is 0 Å². The van der Waals surface area contributed by atoms with E-state index in [0.29, 0.717) is 0 Å². The molecular formula is C13H21N. The molecule has 0 aromatic carbocycles. The van der Waals surface area contributed by atoms with Gasteiger partial charge in [0.05, 0.1) is 0 Å². The van der Waals surface area contributed by atoms with Gasteiger partial charge in [-0.1, -0.05) is 26.7 Å². The molecule has 1 aromatic rings. The first kappa shape index (κ1) is 9.82. The number of hydrogen-bond donors (Lipinski definition) is 0. The SMILES string of the molecule is CC(C)C1CCCCC1n1cccc1. The molecule has 1 aromatic heterocycles. The van der Waals surface area contributed by atoms with Crippen LogP contribution in [0.4, 0.5) is 0 Å². The summed E-state index contributed by atoms with van der Waals surface area (Å²) in [5.41, 5.74) is 0. The summed E-state index contributed by atoms with van der Waals surface area (Å²) < 4.78 is 2.42. The van der Waals surface area contributed by atoms with Crippen LogP contribution in [-0.4, -0.2) is 4.57 Å². The highest BCUT2D eigenvalue weighted by atomic mass is 15.0. The number of rotatable bonds is 2. The Morgan fingerprint density at radius 2 is 1.71 bits per heavy atom. The first-order chi connectivity index (χ1) is 6.79. The van der Waals surface area contributed by atoms with Crippen LogP contribution >= 0.6 is 0 Å². The smallest absolute Gasteiger partial charge is 0.0361 e. The number of hydrogen-bond acceptors (Lipinski definition) is 0. The fourth-order valence-corrected chi connectivity index (χ4v) is 2.86. The molecule has 0 spiro atoms. The van der Waals surface area contributed by atoms with Crippen LogP contribution in [0.1, 0.15) is 45.6 Å². The van der Waals surface area contributed by atoms with Crippen molar-refractivity contribution in [3.63, 3.8) is 0 Å². The van der Waals surface area contributed by atoms with Crippen molar-refractivity contribution < 1.29 is 0 Å². The topological polar surface area (TPSA) is 4.93 Å². The molecule has 2 unspecified atom stereocenters. The van der Waals surface area contributed by atoms with E-state index in [9.17, 15) is 0 Å². The maximum Gasteiger partial charge on any atom is 0.0361 e. The second-order valence-electron chi connectivity index (χ2n) is 4.89. The Morgan fingerprint density at radius 3 is 2.36 bits per heavy atom. The molecule has 0 amide bonds. The molecule has 1 nitrogen and oxygen atoms in total. The molecule has 0 radical (unpaired) electrons. The van der Waals surface area contributed by atoms with E-state index in [4.69, 9.17) is 0 Å². The largest absolute Gasteiger partial charge is 0.351 e. The van der Waals surface area contributed by atoms with Crippen LogP contribution in [0.15, 0.2) is 24.5 Å². The highest BCUT2D eigenvalue weighted by molar-refractivity contribution is 4.95. The molecule has 14 heavy (non-hydrogen) atoms. The molecular weight excluding hydrogens is 170 g/mol. The Morgan fingerprint density at radius 1 is 1.07 bits per heavy atom. The van der Waals surface area contributed by atoms with Gasteiger partial charge in [0.25, 0.3) is 0 Å². The zero-order valence-corrected chi connectivity index (χ0v) is 9.32. The van der Waals surface area contributed by atoms with E-state index < -0.39 is 0 Å². The van der Waals surface area contributed by atoms with Crippen molar-refractivity contribution in [1.29, 1.82) is 0 Å². The molecule has 1 saturated carbocycles. The lowest BCUT2D eigenvalue weighted by Gasteiger charge is -2.35. The molecule has 78 valence electrons. The predicted octanol–water partition coefficient (Wildman–Crippen LogP) is 3.88. The molecule has 1 heterocycles. The van der Waals surface area contributed by atoms with Crippen molar-refractivity contribution in [3.8, 4) is 0 Å². The Hall–Kier alpha value is -0.720. The van der Waals surface area contributed by atoms with E-state index in [0.717, 1.165) is 17.9 Å². The van der Waals surface area contributed by atoms with Gasteiger partial charge in [-0.2, -0.15) is 0 Å². The van der Waals surface area contributed by atoms with Gasteiger partial charge >= 0.3 is 0 Å². The van der Waals surface area contributed by atoms with Crippen molar-refractivity contribution in [2.24, 2.45) is 11.8 Å². The van der Waals surface area contributed by atoms with Gasteiger partial charge in [0, 0.05) is 18.4 Å². The van der Waals surface area contributed by atoms with Gasteiger partial charge in [0.1, 0.15) is 0 Å². The minimum Gasteiger partial charge on any atom is -0.351 e. The minimum atomic E-state index is 0.763. The maximum absolute atomic E-state index is 2.42. The summed E-state index contributed by atoms with van der Waals surface area (Å²) in [6, 6.07) is 5.05. The van der Waals surface area contributed by atoms with E-state index in [1.165, 1.54) is 25.7 Å². The van der Waals surface area contributed by atoms with E-state index in [2.05, 4.69) is 42.9 Å². The highest BCUT2D eigenvalue weighted by Gasteiger charge is 2.27.